The molecule has 5 heteroatoms. The molecular weight excluding hydrogens is 259 g/mol. The summed E-state index contributed by atoms with van der Waals surface area (Å²) in [6.45, 7) is 6.26. The van der Waals surface area contributed by atoms with Gasteiger partial charge in [0.15, 0.2) is 0 Å². The third-order valence-electron chi connectivity index (χ3n) is 3.51. The summed E-state index contributed by atoms with van der Waals surface area (Å²) in [5.74, 6) is -1.65. The minimum atomic E-state index is -1.13. The second-order valence-corrected chi connectivity index (χ2v) is 4.77. The highest BCUT2D eigenvalue weighted by Gasteiger charge is 2.13. The van der Waals surface area contributed by atoms with Crippen molar-refractivity contribution in [2.45, 2.75) is 33.7 Å². The number of benzene rings is 1. The predicted molar refractivity (Wildman–Crippen MR) is 73.5 cm³/mol. The molecule has 0 amide bonds. The fraction of sp³-hybridized carbons (Fsp3) is 0.333. The average molecular weight is 276 g/mol. The molecule has 1 N–H and O–H groups in total. The minimum absolute atomic E-state index is 0.0473. The molecule has 2 rings (SSSR count). The molecular formula is C15H17FN2O2. The van der Waals surface area contributed by atoms with Gasteiger partial charge in [-0.1, -0.05) is 13.0 Å². The molecule has 106 valence electrons. The summed E-state index contributed by atoms with van der Waals surface area (Å²) in [5.41, 5.74) is 3.53. The van der Waals surface area contributed by atoms with E-state index >= 15 is 0 Å². The van der Waals surface area contributed by atoms with Gasteiger partial charge < -0.3 is 5.11 Å². The number of hydrogen-bond donors (Lipinski definition) is 1. The molecule has 1 aromatic carbocycles. The standard InChI is InChI=1S/C15H17FN2O2/c1-4-13-9(2)17-18(10(13)3)8-12-6-5-11(15(19)20)7-14(12)16/h5-7H,4,8H2,1-3H3,(H,19,20). The van der Waals surface area contributed by atoms with E-state index in [9.17, 15) is 9.18 Å². The number of carbonyl (C=O) groups is 1. The van der Waals surface area contributed by atoms with E-state index in [4.69, 9.17) is 5.11 Å². The van der Waals surface area contributed by atoms with Crippen LogP contribution >= 0.6 is 0 Å². The van der Waals surface area contributed by atoms with Crippen LogP contribution in [0.5, 0.6) is 0 Å². The Hall–Kier alpha value is -2.17. The van der Waals surface area contributed by atoms with Crippen molar-refractivity contribution in [3.8, 4) is 0 Å². The smallest absolute Gasteiger partial charge is 0.335 e. The summed E-state index contributed by atoms with van der Waals surface area (Å²) < 4.78 is 15.7. The van der Waals surface area contributed by atoms with Crippen LogP contribution in [-0.4, -0.2) is 20.9 Å². The normalized spacial score (nSPS) is 10.8. The molecule has 0 aliphatic carbocycles. The third-order valence-corrected chi connectivity index (χ3v) is 3.51. The molecule has 0 aliphatic rings. The van der Waals surface area contributed by atoms with Crippen molar-refractivity contribution >= 4 is 5.97 Å². The van der Waals surface area contributed by atoms with Crippen LogP contribution in [0, 0.1) is 19.7 Å². The quantitative estimate of drug-likeness (QED) is 0.934. The number of aromatic nitrogens is 2. The maximum atomic E-state index is 13.9. The molecule has 0 saturated heterocycles. The highest BCUT2D eigenvalue weighted by molar-refractivity contribution is 5.87. The van der Waals surface area contributed by atoms with Gasteiger partial charge in [0.25, 0.3) is 0 Å². The van der Waals surface area contributed by atoms with E-state index < -0.39 is 11.8 Å². The Kier molecular flexibility index (Phi) is 3.88. The van der Waals surface area contributed by atoms with Gasteiger partial charge in [-0.05, 0) is 38.0 Å². The maximum absolute atomic E-state index is 13.9. The largest absolute Gasteiger partial charge is 0.478 e. The van der Waals surface area contributed by atoms with Gasteiger partial charge >= 0.3 is 5.97 Å². The molecule has 20 heavy (non-hydrogen) atoms. The zero-order valence-corrected chi connectivity index (χ0v) is 11.8. The Bertz CT molecular complexity index is 662. The molecule has 0 unspecified atom stereocenters. The van der Waals surface area contributed by atoms with Crippen molar-refractivity contribution in [3.05, 3.63) is 52.1 Å². The first kappa shape index (κ1) is 14.2. The fourth-order valence-electron chi connectivity index (χ4n) is 2.37. The second-order valence-electron chi connectivity index (χ2n) is 4.77. The van der Waals surface area contributed by atoms with E-state index in [1.165, 1.54) is 17.7 Å². The van der Waals surface area contributed by atoms with Crippen LogP contribution in [0.1, 0.15) is 39.8 Å². The zero-order chi connectivity index (χ0) is 14.9. The van der Waals surface area contributed by atoms with Crippen molar-refractivity contribution in [2.75, 3.05) is 0 Å². The molecule has 0 radical (unpaired) electrons. The molecule has 2 aromatic rings. The maximum Gasteiger partial charge on any atom is 0.335 e. The van der Waals surface area contributed by atoms with E-state index in [1.807, 2.05) is 13.8 Å². The van der Waals surface area contributed by atoms with Crippen LogP contribution in [0.2, 0.25) is 0 Å². The number of hydrogen-bond acceptors (Lipinski definition) is 2. The van der Waals surface area contributed by atoms with Crippen molar-refractivity contribution in [1.29, 1.82) is 0 Å². The van der Waals surface area contributed by atoms with Gasteiger partial charge in [-0.2, -0.15) is 5.10 Å². The fourth-order valence-corrected chi connectivity index (χ4v) is 2.37. The summed E-state index contributed by atoms with van der Waals surface area (Å²) in [6.07, 6.45) is 0.887. The molecule has 4 nitrogen and oxygen atoms in total. The van der Waals surface area contributed by atoms with Gasteiger partial charge in [0, 0.05) is 11.3 Å². The lowest BCUT2D eigenvalue weighted by molar-refractivity contribution is 0.0696. The Morgan fingerprint density at radius 2 is 2.10 bits per heavy atom. The van der Waals surface area contributed by atoms with E-state index in [-0.39, 0.29) is 5.56 Å². The number of carboxylic acid groups (broad SMARTS) is 1. The third kappa shape index (κ3) is 2.57. The second kappa shape index (κ2) is 5.45. The van der Waals surface area contributed by atoms with Crippen LogP contribution in [0.3, 0.4) is 0 Å². The van der Waals surface area contributed by atoms with Crippen molar-refractivity contribution in [3.63, 3.8) is 0 Å². The van der Waals surface area contributed by atoms with Gasteiger partial charge in [-0.25, -0.2) is 9.18 Å². The Labute approximate surface area is 116 Å². The molecule has 0 saturated carbocycles. The average Bonchev–Trinajstić information content (AvgIpc) is 2.66. The van der Waals surface area contributed by atoms with E-state index in [2.05, 4.69) is 12.0 Å². The molecule has 1 aromatic heterocycles. The number of carboxylic acids is 1. The molecule has 0 bridgehead atoms. The molecule has 0 spiro atoms. The summed E-state index contributed by atoms with van der Waals surface area (Å²) >= 11 is 0. The summed E-state index contributed by atoms with van der Waals surface area (Å²) in [7, 11) is 0. The first-order valence-corrected chi connectivity index (χ1v) is 6.48. The molecule has 0 aliphatic heterocycles. The van der Waals surface area contributed by atoms with E-state index in [1.54, 1.807) is 4.68 Å². The Balaban J connectivity index is 2.33. The first-order valence-electron chi connectivity index (χ1n) is 6.48. The number of nitrogens with zero attached hydrogens (tertiary/aromatic N) is 2. The van der Waals surface area contributed by atoms with Crippen LogP contribution in [0.25, 0.3) is 0 Å². The lowest BCUT2D eigenvalue weighted by Crippen LogP contribution is -2.07. The summed E-state index contributed by atoms with van der Waals surface area (Å²) in [5, 5.41) is 13.2. The highest BCUT2D eigenvalue weighted by Crippen LogP contribution is 2.17. The Morgan fingerprint density at radius 3 is 2.60 bits per heavy atom. The molecule has 0 atom stereocenters. The van der Waals surface area contributed by atoms with Crippen molar-refractivity contribution in [1.82, 2.24) is 9.78 Å². The van der Waals surface area contributed by atoms with E-state index in [0.717, 1.165) is 23.9 Å². The van der Waals surface area contributed by atoms with Crippen molar-refractivity contribution < 1.29 is 14.3 Å². The Morgan fingerprint density at radius 1 is 1.40 bits per heavy atom. The lowest BCUT2D eigenvalue weighted by Gasteiger charge is -2.07. The SMILES string of the molecule is CCc1c(C)nn(Cc2ccc(C(=O)O)cc2F)c1C. The van der Waals surface area contributed by atoms with Crippen LogP contribution in [0.15, 0.2) is 18.2 Å². The van der Waals surface area contributed by atoms with E-state index in [0.29, 0.717) is 12.1 Å². The van der Waals surface area contributed by atoms with Crippen molar-refractivity contribution in [2.24, 2.45) is 0 Å². The summed E-state index contributed by atoms with van der Waals surface area (Å²) in [6, 6.07) is 3.96. The number of aromatic carboxylic acids is 1. The van der Waals surface area contributed by atoms with Gasteiger partial charge in [-0.3, -0.25) is 4.68 Å². The minimum Gasteiger partial charge on any atom is -0.478 e. The van der Waals surface area contributed by atoms with Gasteiger partial charge in [-0.15, -0.1) is 0 Å². The van der Waals surface area contributed by atoms with Gasteiger partial charge in [0.05, 0.1) is 17.8 Å². The topological polar surface area (TPSA) is 55.1 Å². The van der Waals surface area contributed by atoms with Crippen LogP contribution in [0.4, 0.5) is 4.39 Å². The molecule has 0 fully saturated rings. The van der Waals surface area contributed by atoms with Crippen LogP contribution in [-0.2, 0) is 13.0 Å². The van der Waals surface area contributed by atoms with Crippen LogP contribution < -0.4 is 0 Å². The van der Waals surface area contributed by atoms with Gasteiger partial charge in [0.2, 0.25) is 0 Å². The lowest BCUT2D eigenvalue weighted by atomic mass is 10.1. The number of aryl methyl sites for hydroxylation is 1. The monoisotopic (exact) mass is 276 g/mol. The number of rotatable bonds is 4. The first-order chi connectivity index (χ1) is 9.43. The highest BCUT2D eigenvalue weighted by atomic mass is 19.1. The number of halogens is 1. The van der Waals surface area contributed by atoms with Gasteiger partial charge in [0.1, 0.15) is 5.82 Å². The molecule has 1 heterocycles. The zero-order valence-electron chi connectivity index (χ0n) is 11.8. The predicted octanol–water partition coefficient (Wildman–Crippen LogP) is 2.95. The summed E-state index contributed by atoms with van der Waals surface area (Å²) in [4.78, 5) is 10.8.